The number of nitrogens with one attached hydrogen (secondary N) is 2. The molecule has 1 aromatic carbocycles. The molecule has 0 unspecified atom stereocenters. The molecule has 0 saturated heterocycles. The summed E-state index contributed by atoms with van der Waals surface area (Å²) in [4.78, 5) is 25.0. The third kappa shape index (κ3) is 4.20. The van der Waals surface area contributed by atoms with Crippen LogP contribution >= 0.6 is 0 Å². The lowest BCUT2D eigenvalue weighted by molar-refractivity contribution is -0.119. The Kier molecular flexibility index (Phi) is 5.05. The van der Waals surface area contributed by atoms with E-state index in [0.717, 1.165) is 17.0 Å². The molecule has 3 heterocycles. The van der Waals surface area contributed by atoms with Crippen molar-refractivity contribution in [1.82, 2.24) is 24.8 Å². The van der Waals surface area contributed by atoms with Gasteiger partial charge in [-0.3, -0.25) is 9.36 Å². The maximum atomic E-state index is 12.2. The molecule has 1 aliphatic rings. The van der Waals surface area contributed by atoms with Crippen LogP contribution in [0.5, 0.6) is 11.5 Å². The van der Waals surface area contributed by atoms with Gasteiger partial charge >= 0.3 is 0 Å². The van der Waals surface area contributed by atoms with Crippen LogP contribution in [0.2, 0.25) is 0 Å². The zero-order chi connectivity index (χ0) is 19.3. The predicted octanol–water partition coefficient (Wildman–Crippen LogP) is 1.47. The van der Waals surface area contributed by atoms with E-state index < -0.39 is 0 Å². The molecule has 2 aromatic heterocycles. The number of fused-ring (bicyclic) bond motifs is 1. The van der Waals surface area contributed by atoms with Crippen molar-refractivity contribution in [2.45, 2.75) is 13.5 Å². The average molecular weight is 380 g/mol. The fourth-order valence-electron chi connectivity index (χ4n) is 2.77. The van der Waals surface area contributed by atoms with Gasteiger partial charge in [-0.05, 0) is 24.6 Å². The second kappa shape index (κ2) is 7.95. The van der Waals surface area contributed by atoms with E-state index >= 15 is 0 Å². The van der Waals surface area contributed by atoms with Gasteiger partial charge in [-0.1, -0.05) is 6.07 Å². The van der Waals surface area contributed by atoms with Crippen molar-refractivity contribution < 1.29 is 14.3 Å². The van der Waals surface area contributed by atoms with Crippen molar-refractivity contribution in [2.75, 3.05) is 25.1 Å². The fraction of sp³-hybridized carbons (Fsp3) is 0.263. The van der Waals surface area contributed by atoms with Gasteiger partial charge in [-0.15, -0.1) is 0 Å². The normalized spacial score (nSPS) is 12.5. The second-order valence-electron chi connectivity index (χ2n) is 6.27. The summed E-state index contributed by atoms with van der Waals surface area (Å²) in [5, 5.41) is 5.91. The third-order valence-electron chi connectivity index (χ3n) is 4.10. The quantitative estimate of drug-likeness (QED) is 0.667. The summed E-state index contributed by atoms with van der Waals surface area (Å²) in [6, 6.07) is 7.43. The van der Waals surface area contributed by atoms with Crippen molar-refractivity contribution in [2.24, 2.45) is 0 Å². The van der Waals surface area contributed by atoms with Gasteiger partial charge < -0.3 is 20.1 Å². The van der Waals surface area contributed by atoms with E-state index in [-0.39, 0.29) is 12.5 Å². The highest BCUT2D eigenvalue weighted by molar-refractivity contribution is 5.80. The van der Waals surface area contributed by atoms with Gasteiger partial charge in [0.15, 0.2) is 11.5 Å². The number of hydrogen-bond donors (Lipinski definition) is 2. The number of carbonyl (C=O) groups is 1. The topological polar surface area (TPSA) is 103 Å². The Morgan fingerprint density at radius 2 is 2.04 bits per heavy atom. The molecule has 28 heavy (non-hydrogen) atoms. The van der Waals surface area contributed by atoms with E-state index in [2.05, 4.69) is 25.6 Å². The van der Waals surface area contributed by atoms with Crippen molar-refractivity contribution in [3.05, 3.63) is 54.2 Å². The fourth-order valence-corrected chi connectivity index (χ4v) is 2.77. The molecular formula is C19H20N6O3. The lowest BCUT2D eigenvalue weighted by atomic mass is 10.2. The number of nitrogens with zero attached hydrogens (tertiary/aromatic N) is 4. The maximum Gasteiger partial charge on any atom is 0.239 e. The van der Waals surface area contributed by atoms with E-state index in [1.807, 2.05) is 25.1 Å². The van der Waals surface area contributed by atoms with Gasteiger partial charge in [-0.25, -0.2) is 9.97 Å². The second-order valence-corrected chi connectivity index (χ2v) is 6.27. The first-order valence-electron chi connectivity index (χ1n) is 8.90. The summed E-state index contributed by atoms with van der Waals surface area (Å²) in [6.07, 6.45) is 5.04. The summed E-state index contributed by atoms with van der Waals surface area (Å²) >= 11 is 0. The van der Waals surface area contributed by atoms with Gasteiger partial charge in [0.05, 0.1) is 6.54 Å². The minimum absolute atomic E-state index is 0.102. The number of aryl methyl sites for hydroxylation is 1. The smallest absolute Gasteiger partial charge is 0.239 e. The lowest BCUT2D eigenvalue weighted by Crippen LogP contribution is -2.29. The van der Waals surface area contributed by atoms with Gasteiger partial charge in [0.1, 0.15) is 25.4 Å². The van der Waals surface area contributed by atoms with E-state index in [9.17, 15) is 4.79 Å². The van der Waals surface area contributed by atoms with Crippen molar-refractivity contribution >= 4 is 11.7 Å². The molecule has 0 atom stereocenters. The van der Waals surface area contributed by atoms with Crippen LogP contribution in [0.3, 0.4) is 0 Å². The largest absolute Gasteiger partial charge is 0.486 e. The molecule has 0 radical (unpaired) electrons. The van der Waals surface area contributed by atoms with Crippen LogP contribution in [0.4, 0.5) is 5.82 Å². The summed E-state index contributed by atoms with van der Waals surface area (Å²) in [7, 11) is 0. The van der Waals surface area contributed by atoms with Gasteiger partial charge in [0.25, 0.3) is 0 Å². The molecular weight excluding hydrogens is 360 g/mol. The molecule has 3 aromatic rings. The van der Waals surface area contributed by atoms with Gasteiger partial charge in [-0.2, -0.15) is 4.98 Å². The zero-order valence-electron chi connectivity index (χ0n) is 15.4. The standard InChI is InChI=1S/C19H20N6O3/c1-13-8-17(24-19(23-13)25-5-4-20-12-25)21-11-18(26)22-10-14-2-3-15-16(9-14)28-7-6-27-15/h2-5,8-9,12H,6-7,10-11H2,1H3,(H,22,26)(H,21,23,24). The first kappa shape index (κ1) is 17.8. The molecule has 1 amide bonds. The minimum atomic E-state index is -0.143. The average Bonchev–Trinajstić information content (AvgIpc) is 3.25. The van der Waals surface area contributed by atoms with E-state index in [4.69, 9.17) is 9.47 Å². The van der Waals surface area contributed by atoms with E-state index in [1.54, 1.807) is 29.4 Å². The predicted molar refractivity (Wildman–Crippen MR) is 102 cm³/mol. The van der Waals surface area contributed by atoms with Crippen molar-refractivity contribution in [3.8, 4) is 17.4 Å². The lowest BCUT2D eigenvalue weighted by Gasteiger charge is -2.19. The summed E-state index contributed by atoms with van der Waals surface area (Å²) < 4.78 is 12.8. The Morgan fingerprint density at radius 3 is 2.86 bits per heavy atom. The van der Waals surface area contributed by atoms with Crippen LogP contribution in [-0.4, -0.2) is 45.2 Å². The van der Waals surface area contributed by atoms with Crippen LogP contribution in [0, 0.1) is 6.92 Å². The molecule has 0 aliphatic carbocycles. The number of benzene rings is 1. The van der Waals surface area contributed by atoms with Crippen molar-refractivity contribution in [1.29, 1.82) is 0 Å². The molecule has 1 aliphatic heterocycles. The Labute approximate surface area is 161 Å². The molecule has 0 fully saturated rings. The Bertz CT molecular complexity index is 974. The van der Waals surface area contributed by atoms with Crippen molar-refractivity contribution in [3.63, 3.8) is 0 Å². The number of anilines is 1. The Morgan fingerprint density at radius 1 is 1.18 bits per heavy atom. The number of ether oxygens (including phenoxy) is 2. The number of aromatic nitrogens is 4. The third-order valence-corrected chi connectivity index (χ3v) is 4.10. The molecule has 2 N–H and O–H groups in total. The van der Waals surface area contributed by atoms with Gasteiger partial charge in [0.2, 0.25) is 11.9 Å². The number of amides is 1. The monoisotopic (exact) mass is 380 g/mol. The molecule has 0 saturated carbocycles. The molecule has 9 nitrogen and oxygen atoms in total. The van der Waals surface area contributed by atoms with Crippen LogP contribution in [0.15, 0.2) is 43.0 Å². The number of hydrogen-bond acceptors (Lipinski definition) is 7. The molecule has 0 bridgehead atoms. The Balaban J connectivity index is 1.32. The van der Waals surface area contributed by atoms with Crippen LogP contribution < -0.4 is 20.1 Å². The first-order valence-corrected chi connectivity index (χ1v) is 8.90. The number of carbonyl (C=O) groups excluding carboxylic acids is 1. The summed E-state index contributed by atoms with van der Waals surface area (Å²) in [6.45, 7) is 3.46. The number of imidazole rings is 1. The SMILES string of the molecule is Cc1cc(NCC(=O)NCc2ccc3c(c2)OCCO3)nc(-n2ccnc2)n1. The summed E-state index contributed by atoms with van der Waals surface area (Å²) in [5.41, 5.74) is 1.73. The highest BCUT2D eigenvalue weighted by Gasteiger charge is 2.12. The van der Waals surface area contributed by atoms with E-state index in [1.165, 1.54) is 0 Å². The minimum Gasteiger partial charge on any atom is -0.486 e. The highest BCUT2D eigenvalue weighted by Crippen LogP contribution is 2.30. The van der Waals surface area contributed by atoms with Crippen LogP contribution in [0.25, 0.3) is 5.95 Å². The molecule has 4 rings (SSSR count). The first-order chi connectivity index (χ1) is 13.7. The Hall–Kier alpha value is -3.62. The molecule has 0 spiro atoms. The molecule has 9 heteroatoms. The maximum absolute atomic E-state index is 12.2. The van der Waals surface area contributed by atoms with Crippen LogP contribution in [-0.2, 0) is 11.3 Å². The number of rotatable bonds is 6. The molecule has 144 valence electrons. The highest BCUT2D eigenvalue weighted by atomic mass is 16.6. The van der Waals surface area contributed by atoms with Gasteiger partial charge in [0, 0.05) is 30.7 Å². The zero-order valence-corrected chi connectivity index (χ0v) is 15.4. The van der Waals surface area contributed by atoms with Crippen LogP contribution in [0.1, 0.15) is 11.3 Å². The summed E-state index contributed by atoms with van der Waals surface area (Å²) in [5.74, 6) is 2.37. The van der Waals surface area contributed by atoms with E-state index in [0.29, 0.717) is 37.3 Å².